The van der Waals surface area contributed by atoms with E-state index < -0.39 is 11.1 Å². The maximum Gasteiger partial charge on any atom is 0.190 e. The van der Waals surface area contributed by atoms with Crippen LogP contribution in [0.3, 0.4) is 0 Å². The maximum atomic E-state index is 10.6. The summed E-state index contributed by atoms with van der Waals surface area (Å²) >= 11 is -1.97. The molecule has 0 saturated heterocycles. The first kappa shape index (κ1) is 11.8. The molecule has 0 aliphatic rings. The predicted octanol–water partition coefficient (Wildman–Crippen LogP) is 1.27. The number of rotatable bonds is 2. The zero-order chi connectivity index (χ0) is 8.27. The molecule has 0 bridgehead atoms. The summed E-state index contributed by atoms with van der Waals surface area (Å²) in [6.07, 6.45) is 0. The van der Waals surface area contributed by atoms with Gasteiger partial charge in [0.2, 0.25) is 0 Å². The minimum atomic E-state index is -1.97. The van der Waals surface area contributed by atoms with Crippen LogP contribution in [0.4, 0.5) is 0 Å². The summed E-state index contributed by atoms with van der Waals surface area (Å²) in [4.78, 5) is 0.301. The Balaban J connectivity index is 0.00000121. The molecular weight excluding hydrogens is 230 g/mol. The van der Waals surface area contributed by atoms with E-state index in [1.165, 1.54) is 7.11 Å². The Morgan fingerprint density at radius 1 is 1.42 bits per heavy atom. The van der Waals surface area contributed by atoms with Gasteiger partial charge in [-0.2, -0.15) is 0 Å². The van der Waals surface area contributed by atoms with Gasteiger partial charge >= 0.3 is 0 Å². The van der Waals surface area contributed by atoms with Gasteiger partial charge in [0.05, 0.1) is 7.11 Å². The molecule has 0 spiro atoms. The molecule has 0 saturated carbocycles. The van der Waals surface area contributed by atoms with Gasteiger partial charge in [-0.3, -0.25) is 0 Å². The van der Waals surface area contributed by atoms with Crippen molar-refractivity contribution in [3.8, 4) is 5.75 Å². The third-order valence-electron chi connectivity index (χ3n) is 1.26. The van der Waals surface area contributed by atoms with Crippen molar-refractivity contribution >= 4 is 11.1 Å². The van der Waals surface area contributed by atoms with Crippen LogP contribution in [-0.4, -0.2) is 15.9 Å². The van der Waals surface area contributed by atoms with E-state index in [4.69, 9.17) is 9.29 Å². The summed E-state index contributed by atoms with van der Waals surface area (Å²) in [5, 5.41) is 0. The number of hydrogen-bond acceptors (Lipinski definition) is 2. The predicted molar refractivity (Wildman–Crippen MR) is 42.0 cm³/mol. The van der Waals surface area contributed by atoms with Gasteiger partial charge in [-0.1, -0.05) is 12.1 Å². The fourth-order valence-electron chi connectivity index (χ4n) is 0.763. The van der Waals surface area contributed by atoms with E-state index >= 15 is 0 Å². The molecule has 1 rings (SSSR count). The topological polar surface area (TPSA) is 46.5 Å². The SMILES string of the molecule is COc1ccccc1S(=O)O.[Zn]. The van der Waals surface area contributed by atoms with Gasteiger partial charge in [-0.25, -0.2) is 4.21 Å². The standard InChI is InChI=1S/C7H8O3S.Zn/c1-10-6-4-2-3-5-7(6)11(8)9;/h2-5H,1H3,(H,8,9);. The van der Waals surface area contributed by atoms with Gasteiger partial charge in [0.15, 0.2) is 11.1 Å². The number of ether oxygens (including phenoxy) is 1. The summed E-state index contributed by atoms with van der Waals surface area (Å²) in [5.74, 6) is 0.438. The number of hydrogen-bond donors (Lipinski definition) is 1. The van der Waals surface area contributed by atoms with Crippen LogP contribution in [0.25, 0.3) is 0 Å². The molecule has 1 unspecified atom stereocenters. The molecule has 0 radical (unpaired) electrons. The fourth-order valence-corrected chi connectivity index (χ4v) is 1.28. The third-order valence-corrected chi connectivity index (χ3v) is 1.97. The van der Waals surface area contributed by atoms with Crippen LogP contribution in [0, 0.1) is 0 Å². The second-order valence-electron chi connectivity index (χ2n) is 1.90. The molecule has 5 heteroatoms. The van der Waals surface area contributed by atoms with Gasteiger partial charge in [-0.05, 0) is 12.1 Å². The van der Waals surface area contributed by atoms with Gasteiger partial charge in [0.1, 0.15) is 10.6 Å². The summed E-state index contributed by atoms with van der Waals surface area (Å²) in [7, 11) is 1.46. The van der Waals surface area contributed by atoms with E-state index in [1.54, 1.807) is 24.3 Å². The summed E-state index contributed by atoms with van der Waals surface area (Å²) in [6.45, 7) is 0. The molecule has 0 aliphatic heterocycles. The Hall–Kier alpha value is -0.247. The normalized spacial score (nSPS) is 11.5. The largest absolute Gasteiger partial charge is 0.495 e. The van der Waals surface area contributed by atoms with E-state index in [0.717, 1.165) is 0 Å². The Kier molecular flexibility index (Phi) is 5.30. The van der Waals surface area contributed by atoms with Crippen LogP contribution in [-0.2, 0) is 30.6 Å². The third kappa shape index (κ3) is 2.66. The average molecular weight is 238 g/mol. The summed E-state index contributed by atoms with van der Waals surface area (Å²) in [6, 6.07) is 6.62. The Morgan fingerprint density at radius 2 is 2.00 bits per heavy atom. The molecule has 3 nitrogen and oxygen atoms in total. The second-order valence-corrected chi connectivity index (χ2v) is 2.84. The molecule has 0 aliphatic carbocycles. The van der Waals surface area contributed by atoms with Crippen molar-refractivity contribution in [1.29, 1.82) is 0 Å². The number of methoxy groups -OCH3 is 1. The van der Waals surface area contributed by atoms with Crippen LogP contribution in [0.1, 0.15) is 0 Å². The van der Waals surface area contributed by atoms with E-state index in [2.05, 4.69) is 0 Å². The van der Waals surface area contributed by atoms with Crippen LogP contribution in [0.2, 0.25) is 0 Å². The molecule has 0 aromatic heterocycles. The Labute approximate surface area is 86.2 Å². The van der Waals surface area contributed by atoms with Crippen molar-refractivity contribution in [1.82, 2.24) is 0 Å². The molecule has 0 amide bonds. The van der Waals surface area contributed by atoms with Gasteiger partial charge in [0.25, 0.3) is 0 Å². The van der Waals surface area contributed by atoms with Crippen molar-refractivity contribution in [2.45, 2.75) is 4.90 Å². The smallest absolute Gasteiger partial charge is 0.190 e. The van der Waals surface area contributed by atoms with Crippen molar-refractivity contribution in [2.24, 2.45) is 0 Å². The first-order chi connectivity index (χ1) is 5.25. The molecular formula is C7H8O3SZn. The molecule has 62 valence electrons. The summed E-state index contributed by atoms with van der Waals surface area (Å²) < 4.78 is 24.2. The van der Waals surface area contributed by atoms with E-state index in [1.807, 2.05) is 0 Å². The molecule has 1 N–H and O–H groups in total. The maximum absolute atomic E-state index is 10.6. The molecule has 1 aromatic rings. The summed E-state index contributed by atoms with van der Waals surface area (Å²) in [5.41, 5.74) is 0. The molecule has 0 fully saturated rings. The van der Waals surface area contributed by atoms with Crippen LogP contribution in [0.5, 0.6) is 5.75 Å². The van der Waals surface area contributed by atoms with Gasteiger partial charge in [-0.15, -0.1) is 0 Å². The van der Waals surface area contributed by atoms with Crippen LogP contribution in [0.15, 0.2) is 29.2 Å². The zero-order valence-electron chi connectivity index (χ0n) is 6.69. The fraction of sp³-hybridized carbons (Fsp3) is 0.143. The molecule has 1 atom stereocenters. The first-order valence-electron chi connectivity index (χ1n) is 2.99. The van der Waals surface area contributed by atoms with Crippen molar-refractivity contribution in [3.05, 3.63) is 24.3 Å². The monoisotopic (exact) mass is 236 g/mol. The molecule has 12 heavy (non-hydrogen) atoms. The van der Waals surface area contributed by atoms with E-state index in [0.29, 0.717) is 10.6 Å². The van der Waals surface area contributed by atoms with Crippen LogP contribution < -0.4 is 4.74 Å². The van der Waals surface area contributed by atoms with Crippen molar-refractivity contribution < 1.29 is 33.0 Å². The van der Waals surface area contributed by atoms with Gasteiger partial charge < -0.3 is 9.29 Å². The van der Waals surface area contributed by atoms with Crippen molar-refractivity contribution in [2.75, 3.05) is 7.11 Å². The van der Waals surface area contributed by atoms with Gasteiger partial charge in [0, 0.05) is 19.5 Å². The quantitative estimate of drug-likeness (QED) is 0.623. The minimum absolute atomic E-state index is 0. The Morgan fingerprint density at radius 3 is 2.42 bits per heavy atom. The molecule has 1 aromatic carbocycles. The van der Waals surface area contributed by atoms with Crippen LogP contribution >= 0.6 is 0 Å². The van der Waals surface area contributed by atoms with E-state index in [9.17, 15) is 4.21 Å². The van der Waals surface area contributed by atoms with E-state index in [-0.39, 0.29) is 19.5 Å². The number of benzene rings is 1. The first-order valence-corrected chi connectivity index (χ1v) is 4.10. The number of para-hydroxylation sites is 1. The van der Waals surface area contributed by atoms with Crippen molar-refractivity contribution in [3.63, 3.8) is 0 Å². The average Bonchev–Trinajstić information content (AvgIpc) is 2.04. The molecule has 0 heterocycles. The zero-order valence-corrected chi connectivity index (χ0v) is 10.5. The second kappa shape index (κ2) is 5.41. The Bertz CT molecular complexity index is 277. The minimum Gasteiger partial charge on any atom is -0.495 e.